The Bertz CT molecular complexity index is 974. The number of aromatic nitrogens is 4. The van der Waals surface area contributed by atoms with Crippen LogP contribution in [0, 0.1) is 5.82 Å². The van der Waals surface area contributed by atoms with E-state index in [2.05, 4.69) is 27.1 Å². The predicted molar refractivity (Wildman–Crippen MR) is 112 cm³/mol. The van der Waals surface area contributed by atoms with Gasteiger partial charge < -0.3 is 5.32 Å². The number of pyridine rings is 1. The Morgan fingerprint density at radius 1 is 1.21 bits per heavy atom. The largest absolute Gasteiger partial charge is 0.349 e. The lowest BCUT2D eigenvalue weighted by Crippen LogP contribution is -2.33. The second-order valence-corrected chi connectivity index (χ2v) is 7.79. The summed E-state index contributed by atoms with van der Waals surface area (Å²) in [6.07, 6.45) is 5.16. The number of benzene rings is 1. The van der Waals surface area contributed by atoms with E-state index in [0.29, 0.717) is 17.5 Å². The van der Waals surface area contributed by atoms with Gasteiger partial charge >= 0.3 is 0 Å². The summed E-state index contributed by atoms with van der Waals surface area (Å²) in [7, 11) is 0. The molecule has 1 N–H and O–H groups in total. The highest BCUT2D eigenvalue weighted by Crippen LogP contribution is 2.27. The summed E-state index contributed by atoms with van der Waals surface area (Å²) in [5.41, 5.74) is 1.73. The zero-order valence-electron chi connectivity index (χ0n) is 16.2. The van der Waals surface area contributed by atoms with Crippen LogP contribution in [0.25, 0.3) is 11.4 Å². The summed E-state index contributed by atoms with van der Waals surface area (Å²) in [5, 5.41) is 11.7. The van der Waals surface area contributed by atoms with Crippen molar-refractivity contribution >= 4 is 17.7 Å². The normalized spacial score (nSPS) is 12.9. The molecule has 0 fully saturated rings. The van der Waals surface area contributed by atoms with E-state index in [1.165, 1.54) is 23.9 Å². The minimum Gasteiger partial charge on any atom is -0.349 e. The molecule has 3 aromatic rings. The van der Waals surface area contributed by atoms with E-state index < -0.39 is 5.25 Å². The Hall–Kier alpha value is -3.00. The molecule has 1 amide bonds. The minimum absolute atomic E-state index is 0.134. The first kappa shape index (κ1) is 20.7. The van der Waals surface area contributed by atoms with Gasteiger partial charge in [-0.15, -0.1) is 16.8 Å². The van der Waals surface area contributed by atoms with Crippen molar-refractivity contribution in [3.63, 3.8) is 0 Å². The second-order valence-electron chi connectivity index (χ2n) is 6.48. The van der Waals surface area contributed by atoms with Gasteiger partial charge in [-0.25, -0.2) is 4.39 Å². The van der Waals surface area contributed by atoms with Crippen molar-refractivity contribution in [3.05, 3.63) is 72.8 Å². The minimum atomic E-state index is -0.393. The van der Waals surface area contributed by atoms with Gasteiger partial charge in [0.05, 0.1) is 11.3 Å². The molecular formula is C21H22FN5OS. The van der Waals surface area contributed by atoms with Gasteiger partial charge in [-0.2, -0.15) is 0 Å². The Kier molecular flexibility index (Phi) is 6.77. The molecule has 0 bridgehead atoms. The molecule has 2 aromatic heterocycles. The molecular weight excluding hydrogens is 389 g/mol. The molecule has 8 heteroatoms. The zero-order chi connectivity index (χ0) is 20.8. The summed E-state index contributed by atoms with van der Waals surface area (Å²) in [6.45, 7) is 8.00. The molecule has 0 aliphatic rings. The standard InChI is InChI=1S/C21H22FN5OS/c1-4-13-27-19(17-9-11-23-12-10-17)25-26-21(27)29-15(3)20(28)24-14(2)16-5-7-18(22)8-6-16/h4-12,14-15H,1,13H2,2-3H3,(H,24,28)/t14-,15-/m1/s1. The molecule has 0 spiro atoms. The topological polar surface area (TPSA) is 72.7 Å². The van der Waals surface area contributed by atoms with Crippen molar-refractivity contribution < 1.29 is 9.18 Å². The lowest BCUT2D eigenvalue weighted by atomic mass is 10.1. The van der Waals surface area contributed by atoms with Crippen LogP contribution < -0.4 is 5.32 Å². The fourth-order valence-electron chi connectivity index (χ4n) is 2.76. The Morgan fingerprint density at radius 2 is 1.90 bits per heavy atom. The van der Waals surface area contributed by atoms with Gasteiger partial charge in [0.25, 0.3) is 0 Å². The Labute approximate surface area is 173 Å². The Balaban J connectivity index is 1.71. The first-order valence-corrected chi connectivity index (χ1v) is 10.0. The molecule has 6 nitrogen and oxygen atoms in total. The van der Waals surface area contributed by atoms with Crippen molar-refractivity contribution in [2.24, 2.45) is 0 Å². The first-order chi connectivity index (χ1) is 14.0. The zero-order valence-corrected chi connectivity index (χ0v) is 17.1. The molecule has 2 heterocycles. The number of thioether (sulfide) groups is 1. The van der Waals surface area contributed by atoms with Crippen molar-refractivity contribution in [2.75, 3.05) is 0 Å². The quantitative estimate of drug-likeness (QED) is 0.448. The third kappa shape index (κ3) is 5.08. The molecule has 0 unspecified atom stereocenters. The first-order valence-electron chi connectivity index (χ1n) is 9.16. The predicted octanol–water partition coefficient (Wildman–Crippen LogP) is 4.02. The van der Waals surface area contributed by atoms with Crippen LogP contribution in [0.4, 0.5) is 4.39 Å². The summed E-state index contributed by atoms with van der Waals surface area (Å²) in [4.78, 5) is 16.7. The highest BCUT2D eigenvalue weighted by Gasteiger charge is 2.22. The van der Waals surface area contributed by atoms with E-state index in [1.54, 1.807) is 30.6 Å². The number of carbonyl (C=O) groups is 1. The molecule has 0 aliphatic heterocycles. The van der Waals surface area contributed by atoms with Crippen LogP contribution in [0.3, 0.4) is 0 Å². The van der Waals surface area contributed by atoms with E-state index in [4.69, 9.17) is 0 Å². The van der Waals surface area contributed by atoms with Crippen molar-refractivity contribution in [2.45, 2.75) is 36.8 Å². The SMILES string of the molecule is C=CCn1c(S[C@H](C)C(=O)N[C@H](C)c2ccc(F)cc2)nnc1-c1ccncc1. The van der Waals surface area contributed by atoms with Crippen LogP contribution in [0.15, 0.2) is 66.6 Å². The van der Waals surface area contributed by atoms with Crippen LogP contribution in [0.1, 0.15) is 25.5 Å². The maximum Gasteiger partial charge on any atom is 0.233 e. The number of hydrogen-bond acceptors (Lipinski definition) is 5. The van der Waals surface area contributed by atoms with Crippen LogP contribution in [0.5, 0.6) is 0 Å². The molecule has 0 radical (unpaired) electrons. The fraction of sp³-hybridized carbons (Fsp3) is 0.238. The highest BCUT2D eigenvalue weighted by atomic mass is 32.2. The fourth-order valence-corrected chi connectivity index (χ4v) is 3.63. The molecule has 0 saturated heterocycles. The summed E-state index contributed by atoms with van der Waals surface area (Å²) < 4.78 is 15.0. The van der Waals surface area contributed by atoms with E-state index in [9.17, 15) is 9.18 Å². The van der Waals surface area contributed by atoms with E-state index >= 15 is 0 Å². The molecule has 150 valence electrons. The third-order valence-corrected chi connectivity index (χ3v) is 5.43. The number of carbonyl (C=O) groups excluding carboxylic acids is 1. The monoisotopic (exact) mass is 411 g/mol. The molecule has 3 rings (SSSR count). The van der Waals surface area contributed by atoms with Crippen LogP contribution in [0.2, 0.25) is 0 Å². The number of nitrogens with zero attached hydrogens (tertiary/aromatic N) is 4. The lowest BCUT2D eigenvalue weighted by molar-refractivity contribution is -0.120. The number of allylic oxidation sites excluding steroid dienone is 1. The van der Waals surface area contributed by atoms with Crippen LogP contribution in [-0.4, -0.2) is 30.9 Å². The highest BCUT2D eigenvalue weighted by molar-refractivity contribution is 8.00. The average Bonchev–Trinajstić information content (AvgIpc) is 3.11. The Morgan fingerprint density at radius 3 is 2.55 bits per heavy atom. The number of rotatable bonds is 8. The molecule has 1 aromatic carbocycles. The average molecular weight is 412 g/mol. The van der Waals surface area contributed by atoms with Gasteiger partial charge in [0.15, 0.2) is 11.0 Å². The van der Waals surface area contributed by atoms with Crippen molar-refractivity contribution in [3.8, 4) is 11.4 Å². The number of hydrogen-bond donors (Lipinski definition) is 1. The smallest absolute Gasteiger partial charge is 0.233 e. The summed E-state index contributed by atoms with van der Waals surface area (Å²) >= 11 is 1.33. The van der Waals surface area contributed by atoms with Gasteiger partial charge in [0.2, 0.25) is 5.91 Å². The van der Waals surface area contributed by atoms with Gasteiger partial charge in [-0.3, -0.25) is 14.3 Å². The maximum atomic E-state index is 13.1. The van der Waals surface area contributed by atoms with E-state index in [-0.39, 0.29) is 17.8 Å². The van der Waals surface area contributed by atoms with Crippen molar-refractivity contribution in [1.29, 1.82) is 0 Å². The van der Waals surface area contributed by atoms with E-state index in [0.717, 1.165) is 11.1 Å². The number of halogens is 1. The van der Waals surface area contributed by atoms with Crippen LogP contribution >= 0.6 is 11.8 Å². The number of amides is 1. The molecule has 29 heavy (non-hydrogen) atoms. The molecule has 0 saturated carbocycles. The van der Waals surface area contributed by atoms with Gasteiger partial charge in [-0.05, 0) is 43.7 Å². The second kappa shape index (κ2) is 9.47. The van der Waals surface area contributed by atoms with Crippen LogP contribution in [-0.2, 0) is 11.3 Å². The van der Waals surface area contributed by atoms with Crippen molar-refractivity contribution in [1.82, 2.24) is 25.1 Å². The lowest BCUT2D eigenvalue weighted by Gasteiger charge is -2.18. The third-order valence-electron chi connectivity index (χ3n) is 4.35. The van der Waals surface area contributed by atoms with Gasteiger partial charge in [-0.1, -0.05) is 30.0 Å². The number of nitrogens with one attached hydrogen (secondary N) is 1. The maximum absolute atomic E-state index is 13.1. The van der Waals surface area contributed by atoms with E-state index in [1.807, 2.05) is 30.5 Å². The van der Waals surface area contributed by atoms with Gasteiger partial charge in [0.1, 0.15) is 5.82 Å². The summed E-state index contributed by atoms with van der Waals surface area (Å²) in [6, 6.07) is 9.59. The molecule has 2 atom stereocenters. The van der Waals surface area contributed by atoms with Gasteiger partial charge in [0, 0.05) is 24.5 Å². The summed E-state index contributed by atoms with van der Waals surface area (Å²) in [5.74, 6) is 0.260. The molecule has 0 aliphatic carbocycles.